The van der Waals surface area contributed by atoms with Crippen LogP contribution in [0.1, 0.15) is 38.3 Å². The fourth-order valence-electron chi connectivity index (χ4n) is 1.84. The molecule has 1 atom stereocenters. The number of aromatic hydroxyl groups is 1. The maximum atomic E-state index is 11.5. The molecule has 0 radical (unpaired) electrons. The molecular formula is C14H23N3O2. The van der Waals surface area contributed by atoms with Crippen molar-refractivity contribution in [3.8, 4) is 5.75 Å². The molecule has 1 rings (SSSR count). The van der Waals surface area contributed by atoms with Gasteiger partial charge in [0.2, 0.25) is 5.91 Å². The first kappa shape index (κ1) is 15.5. The second-order valence-electron chi connectivity index (χ2n) is 4.54. The maximum absolute atomic E-state index is 11.5. The van der Waals surface area contributed by atoms with Crippen molar-refractivity contribution in [3.05, 3.63) is 23.8 Å². The molecule has 0 aromatic heterocycles. The molecule has 0 aliphatic heterocycles. The lowest BCUT2D eigenvalue weighted by molar-refractivity contribution is -0.116. The van der Waals surface area contributed by atoms with Gasteiger partial charge in [-0.3, -0.25) is 4.79 Å². The average Bonchev–Trinajstić information content (AvgIpc) is 2.38. The summed E-state index contributed by atoms with van der Waals surface area (Å²) in [6, 6.07) is 5.06. The van der Waals surface area contributed by atoms with Gasteiger partial charge in [0.15, 0.2) is 0 Å². The van der Waals surface area contributed by atoms with Crippen molar-refractivity contribution in [2.45, 2.75) is 32.7 Å². The molecule has 0 spiro atoms. The van der Waals surface area contributed by atoms with Gasteiger partial charge in [0.1, 0.15) is 5.75 Å². The summed E-state index contributed by atoms with van der Waals surface area (Å²) in [5, 5.41) is 15.9. The van der Waals surface area contributed by atoms with E-state index < -0.39 is 0 Å². The van der Waals surface area contributed by atoms with Crippen LogP contribution in [0.5, 0.6) is 5.75 Å². The highest BCUT2D eigenvalue weighted by atomic mass is 16.3. The van der Waals surface area contributed by atoms with E-state index >= 15 is 0 Å². The minimum absolute atomic E-state index is 0.0123. The van der Waals surface area contributed by atoms with Crippen LogP contribution in [0.2, 0.25) is 0 Å². The topological polar surface area (TPSA) is 87.4 Å². The zero-order valence-electron chi connectivity index (χ0n) is 11.6. The molecule has 1 aromatic carbocycles. The number of nitrogens with two attached hydrogens (primary N) is 1. The number of phenolic OH excluding ortho intramolecular Hbond substituents is 1. The van der Waals surface area contributed by atoms with E-state index in [0.717, 1.165) is 12.0 Å². The van der Waals surface area contributed by atoms with Gasteiger partial charge in [0.25, 0.3) is 0 Å². The highest BCUT2D eigenvalue weighted by molar-refractivity contribution is 5.90. The smallest absolute Gasteiger partial charge is 0.224 e. The van der Waals surface area contributed by atoms with Crippen molar-refractivity contribution in [2.24, 2.45) is 5.73 Å². The van der Waals surface area contributed by atoms with Gasteiger partial charge in [-0.2, -0.15) is 0 Å². The van der Waals surface area contributed by atoms with Crippen LogP contribution in [0.3, 0.4) is 0 Å². The van der Waals surface area contributed by atoms with E-state index in [1.807, 2.05) is 13.8 Å². The first-order valence-corrected chi connectivity index (χ1v) is 6.64. The van der Waals surface area contributed by atoms with Crippen LogP contribution in [0.15, 0.2) is 18.2 Å². The molecule has 106 valence electrons. The summed E-state index contributed by atoms with van der Waals surface area (Å²) in [5.74, 6) is 0.201. The van der Waals surface area contributed by atoms with Crippen LogP contribution >= 0.6 is 0 Å². The standard InChI is InChI=1S/C14H23N3O2/c1-3-4-14(19)17-11-5-6-13(18)12(9-11)10(2)16-8-7-15/h5-6,9-10,16,18H,3-4,7-8,15H2,1-2H3,(H,17,19). The summed E-state index contributed by atoms with van der Waals surface area (Å²) in [7, 11) is 0. The second-order valence-corrected chi connectivity index (χ2v) is 4.54. The Bertz CT molecular complexity index is 421. The van der Waals surface area contributed by atoms with Crippen LogP contribution < -0.4 is 16.4 Å². The third-order valence-corrected chi connectivity index (χ3v) is 2.85. The maximum Gasteiger partial charge on any atom is 0.224 e. The van der Waals surface area contributed by atoms with Gasteiger partial charge in [0.05, 0.1) is 0 Å². The monoisotopic (exact) mass is 265 g/mol. The van der Waals surface area contributed by atoms with E-state index in [2.05, 4.69) is 10.6 Å². The number of carbonyl (C=O) groups is 1. The molecule has 0 saturated heterocycles. The summed E-state index contributed by atoms with van der Waals surface area (Å²) < 4.78 is 0. The molecule has 0 aliphatic rings. The number of phenols is 1. The van der Waals surface area contributed by atoms with Gasteiger partial charge in [-0.1, -0.05) is 6.92 Å². The predicted octanol–water partition coefficient (Wildman–Crippen LogP) is 1.74. The fraction of sp³-hybridized carbons (Fsp3) is 0.500. The quantitative estimate of drug-likeness (QED) is 0.566. The molecule has 1 amide bonds. The minimum Gasteiger partial charge on any atom is -0.508 e. The number of anilines is 1. The molecule has 0 saturated carbocycles. The van der Waals surface area contributed by atoms with E-state index in [9.17, 15) is 9.90 Å². The lowest BCUT2D eigenvalue weighted by Gasteiger charge is -2.16. The summed E-state index contributed by atoms with van der Waals surface area (Å²) in [6.45, 7) is 5.12. The van der Waals surface area contributed by atoms with E-state index in [0.29, 0.717) is 25.2 Å². The summed E-state index contributed by atoms with van der Waals surface area (Å²) >= 11 is 0. The van der Waals surface area contributed by atoms with Gasteiger partial charge in [-0.25, -0.2) is 0 Å². The highest BCUT2D eigenvalue weighted by Gasteiger charge is 2.11. The summed E-state index contributed by atoms with van der Waals surface area (Å²) in [5.41, 5.74) is 6.89. The summed E-state index contributed by atoms with van der Waals surface area (Å²) in [6.07, 6.45) is 1.31. The molecule has 5 N–H and O–H groups in total. The molecular weight excluding hydrogens is 242 g/mol. The van der Waals surface area contributed by atoms with Gasteiger partial charge in [0, 0.05) is 36.8 Å². The van der Waals surface area contributed by atoms with Crippen molar-refractivity contribution in [1.82, 2.24) is 5.32 Å². The zero-order valence-corrected chi connectivity index (χ0v) is 11.6. The molecule has 0 bridgehead atoms. The van der Waals surface area contributed by atoms with Crippen LogP contribution in [-0.4, -0.2) is 24.1 Å². The number of amides is 1. The van der Waals surface area contributed by atoms with Crippen molar-refractivity contribution >= 4 is 11.6 Å². The number of hydrogen-bond donors (Lipinski definition) is 4. The van der Waals surface area contributed by atoms with Crippen LogP contribution in [-0.2, 0) is 4.79 Å². The normalized spacial score (nSPS) is 12.2. The Balaban J connectivity index is 2.78. The van der Waals surface area contributed by atoms with Gasteiger partial charge >= 0.3 is 0 Å². The Hall–Kier alpha value is -1.59. The largest absolute Gasteiger partial charge is 0.508 e. The highest BCUT2D eigenvalue weighted by Crippen LogP contribution is 2.27. The molecule has 19 heavy (non-hydrogen) atoms. The number of benzene rings is 1. The molecule has 0 fully saturated rings. The Morgan fingerprint density at radius 1 is 1.47 bits per heavy atom. The number of hydrogen-bond acceptors (Lipinski definition) is 4. The predicted molar refractivity (Wildman–Crippen MR) is 77.1 cm³/mol. The number of carbonyl (C=O) groups excluding carboxylic acids is 1. The summed E-state index contributed by atoms with van der Waals surface area (Å²) in [4.78, 5) is 11.5. The molecule has 5 nitrogen and oxygen atoms in total. The van der Waals surface area contributed by atoms with E-state index in [1.165, 1.54) is 0 Å². The van der Waals surface area contributed by atoms with Crippen molar-refractivity contribution < 1.29 is 9.90 Å². The molecule has 5 heteroatoms. The lowest BCUT2D eigenvalue weighted by Crippen LogP contribution is -2.25. The van der Waals surface area contributed by atoms with Gasteiger partial charge in [-0.15, -0.1) is 0 Å². The Labute approximate surface area is 114 Å². The Kier molecular flexibility index (Phi) is 6.32. The van der Waals surface area contributed by atoms with Crippen molar-refractivity contribution in [2.75, 3.05) is 18.4 Å². The van der Waals surface area contributed by atoms with Crippen LogP contribution in [0.25, 0.3) is 0 Å². The Morgan fingerprint density at radius 2 is 2.21 bits per heavy atom. The van der Waals surface area contributed by atoms with E-state index in [1.54, 1.807) is 18.2 Å². The second kappa shape index (κ2) is 7.76. The SMILES string of the molecule is CCCC(=O)Nc1ccc(O)c(C(C)NCCN)c1. The van der Waals surface area contributed by atoms with Crippen molar-refractivity contribution in [3.63, 3.8) is 0 Å². The van der Waals surface area contributed by atoms with Crippen molar-refractivity contribution in [1.29, 1.82) is 0 Å². The van der Waals surface area contributed by atoms with Crippen LogP contribution in [0.4, 0.5) is 5.69 Å². The first-order chi connectivity index (χ1) is 9.08. The third-order valence-electron chi connectivity index (χ3n) is 2.85. The van der Waals surface area contributed by atoms with E-state index in [4.69, 9.17) is 5.73 Å². The number of nitrogens with one attached hydrogen (secondary N) is 2. The Morgan fingerprint density at radius 3 is 2.84 bits per heavy atom. The third kappa shape index (κ3) is 4.89. The lowest BCUT2D eigenvalue weighted by atomic mass is 10.1. The van der Waals surface area contributed by atoms with Gasteiger partial charge < -0.3 is 21.5 Å². The molecule has 1 aromatic rings. The molecule has 0 aliphatic carbocycles. The zero-order chi connectivity index (χ0) is 14.3. The average molecular weight is 265 g/mol. The minimum atomic E-state index is -0.0217. The van der Waals surface area contributed by atoms with E-state index in [-0.39, 0.29) is 17.7 Å². The number of rotatable bonds is 7. The molecule has 0 heterocycles. The molecule has 1 unspecified atom stereocenters. The van der Waals surface area contributed by atoms with Gasteiger partial charge in [-0.05, 0) is 31.5 Å². The van der Waals surface area contributed by atoms with Crippen LogP contribution in [0, 0.1) is 0 Å². The first-order valence-electron chi connectivity index (χ1n) is 6.64. The fourth-order valence-corrected chi connectivity index (χ4v) is 1.84.